The Hall–Kier alpha value is -1.34. The van der Waals surface area contributed by atoms with E-state index >= 15 is 0 Å². The highest BCUT2D eigenvalue weighted by atomic mass is 32.2. The van der Waals surface area contributed by atoms with E-state index in [1.165, 1.54) is 18.7 Å². The van der Waals surface area contributed by atoms with Crippen LogP contribution in [0.4, 0.5) is 0 Å². The van der Waals surface area contributed by atoms with Gasteiger partial charge < -0.3 is 10.1 Å². The second-order valence-corrected chi connectivity index (χ2v) is 7.46. The highest BCUT2D eigenvalue weighted by Gasteiger charge is 2.42. The van der Waals surface area contributed by atoms with Crippen LogP contribution in [0, 0.1) is 5.92 Å². The molecule has 0 aromatic carbocycles. The maximum atomic E-state index is 12.6. The molecule has 0 bridgehead atoms. The number of nitrogens with one attached hydrogen (secondary N) is 1. The Morgan fingerprint density at radius 3 is 2.75 bits per heavy atom. The van der Waals surface area contributed by atoms with Gasteiger partial charge in [-0.15, -0.1) is 0 Å². The number of aromatic carboxylic acids is 1. The number of carboxylic acids is 1. The highest BCUT2D eigenvalue weighted by Crippen LogP contribution is 2.39. The maximum absolute atomic E-state index is 12.6. The summed E-state index contributed by atoms with van der Waals surface area (Å²) in [5.74, 6) is -0.681. The molecule has 2 atom stereocenters. The van der Waals surface area contributed by atoms with Gasteiger partial charge in [-0.1, -0.05) is 12.8 Å². The first-order valence-corrected chi connectivity index (χ1v) is 8.38. The van der Waals surface area contributed by atoms with Crippen molar-refractivity contribution < 1.29 is 18.3 Å². The van der Waals surface area contributed by atoms with Gasteiger partial charge in [-0.05, 0) is 31.2 Å². The maximum Gasteiger partial charge on any atom is 0.352 e. The molecule has 0 amide bonds. The van der Waals surface area contributed by atoms with Crippen molar-refractivity contribution in [2.45, 2.75) is 43.0 Å². The van der Waals surface area contributed by atoms with Crippen molar-refractivity contribution in [2.75, 3.05) is 6.54 Å². The predicted octanol–water partition coefficient (Wildman–Crippen LogP) is 1.67. The summed E-state index contributed by atoms with van der Waals surface area (Å²) in [7, 11) is -3.58. The van der Waals surface area contributed by atoms with Crippen LogP contribution in [-0.2, 0) is 10.0 Å². The minimum atomic E-state index is -3.58. The molecular weight excluding hydrogens is 280 g/mol. The van der Waals surface area contributed by atoms with Crippen molar-refractivity contribution in [1.82, 2.24) is 9.29 Å². The third-order valence-corrected chi connectivity index (χ3v) is 6.35. The first-order chi connectivity index (χ1) is 9.50. The predicted molar refractivity (Wildman–Crippen MR) is 72.0 cm³/mol. The summed E-state index contributed by atoms with van der Waals surface area (Å²) in [5, 5.41) is 8.88. The molecule has 2 fully saturated rings. The summed E-state index contributed by atoms with van der Waals surface area (Å²) >= 11 is 0. The Morgan fingerprint density at radius 1 is 1.30 bits per heavy atom. The molecule has 0 spiro atoms. The molecule has 1 aromatic heterocycles. The van der Waals surface area contributed by atoms with E-state index in [1.54, 1.807) is 4.31 Å². The monoisotopic (exact) mass is 298 g/mol. The fourth-order valence-corrected chi connectivity index (χ4v) is 5.17. The van der Waals surface area contributed by atoms with E-state index in [1.807, 2.05) is 0 Å². The summed E-state index contributed by atoms with van der Waals surface area (Å²) in [6, 6.07) is 1.30. The van der Waals surface area contributed by atoms with Gasteiger partial charge in [0.15, 0.2) is 0 Å². The van der Waals surface area contributed by atoms with E-state index in [-0.39, 0.29) is 16.6 Å². The molecule has 6 nitrogen and oxygen atoms in total. The number of aromatic nitrogens is 1. The number of carbonyl (C=O) groups is 1. The van der Waals surface area contributed by atoms with Gasteiger partial charge in [-0.2, -0.15) is 4.31 Å². The van der Waals surface area contributed by atoms with E-state index in [0.717, 1.165) is 25.7 Å². The molecule has 110 valence electrons. The second-order valence-electron chi connectivity index (χ2n) is 5.57. The minimum absolute atomic E-state index is 0.0566. The lowest BCUT2D eigenvalue weighted by Gasteiger charge is -2.30. The molecule has 1 aromatic rings. The summed E-state index contributed by atoms with van der Waals surface area (Å²) < 4.78 is 26.9. The van der Waals surface area contributed by atoms with E-state index in [9.17, 15) is 13.2 Å². The molecule has 1 saturated carbocycles. The SMILES string of the molecule is O=C(O)c1cc(S(=O)(=O)N2CCC3CCCCC32)c[nH]1. The summed E-state index contributed by atoms with van der Waals surface area (Å²) in [6.45, 7) is 0.547. The third kappa shape index (κ3) is 2.14. The third-order valence-electron chi connectivity index (χ3n) is 4.45. The number of rotatable bonds is 3. The zero-order valence-corrected chi connectivity index (χ0v) is 11.9. The quantitative estimate of drug-likeness (QED) is 0.888. The van der Waals surface area contributed by atoms with Gasteiger partial charge in [0.2, 0.25) is 10.0 Å². The fourth-order valence-electron chi connectivity index (χ4n) is 3.44. The fraction of sp³-hybridized carbons (Fsp3) is 0.615. The van der Waals surface area contributed by atoms with Crippen LogP contribution < -0.4 is 0 Å². The Bertz CT molecular complexity index is 622. The van der Waals surface area contributed by atoms with Gasteiger partial charge in [-0.25, -0.2) is 13.2 Å². The number of aromatic amines is 1. The minimum Gasteiger partial charge on any atom is -0.477 e. The van der Waals surface area contributed by atoms with Crippen LogP contribution in [0.2, 0.25) is 0 Å². The van der Waals surface area contributed by atoms with Crippen molar-refractivity contribution >= 4 is 16.0 Å². The van der Waals surface area contributed by atoms with Crippen LogP contribution in [0.3, 0.4) is 0 Å². The van der Waals surface area contributed by atoms with Gasteiger partial charge in [0.1, 0.15) is 10.6 Å². The molecule has 2 N–H and O–H groups in total. The molecule has 1 aliphatic carbocycles. The van der Waals surface area contributed by atoms with Crippen LogP contribution >= 0.6 is 0 Å². The van der Waals surface area contributed by atoms with Crippen LogP contribution in [0.1, 0.15) is 42.6 Å². The standard InChI is InChI=1S/C13H18N2O4S/c16-13(17)11-7-10(8-14-11)20(18,19)15-6-5-9-3-1-2-4-12(9)15/h7-9,12,14H,1-6H2,(H,16,17). The number of sulfonamides is 1. The zero-order chi connectivity index (χ0) is 14.3. The average molecular weight is 298 g/mol. The largest absolute Gasteiger partial charge is 0.477 e. The molecular formula is C13H18N2O4S. The van der Waals surface area contributed by atoms with Gasteiger partial charge in [0.05, 0.1) is 0 Å². The van der Waals surface area contributed by atoms with Gasteiger partial charge in [0.25, 0.3) is 0 Å². The number of H-pyrrole nitrogens is 1. The lowest BCUT2D eigenvalue weighted by molar-refractivity contribution is 0.0691. The van der Waals surface area contributed by atoms with Crippen LogP contribution in [0.5, 0.6) is 0 Å². The highest BCUT2D eigenvalue weighted by molar-refractivity contribution is 7.89. The van der Waals surface area contributed by atoms with E-state index in [4.69, 9.17) is 5.11 Å². The number of carboxylic acid groups (broad SMARTS) is 1. The molecule has 1 aliphatic heterocycles. The van der Waals surface area contributed by atoms with Gasteiger partial charge >= 0.3 is 5.97 Å². The number of fused-ring (bicyclic) bond motifs is 1. The normalized spacial score (nSPS) is 27.4. The second kappa shape index (κ2) is 4.89. The van der Waals surface area contributed by atoms with E-state index in [2.05, 4.69) is 4.98 Å². The number of nitrogens with zero attached hydrogens (tertiary/aromatic N) is 1. The Kier molecular flexibility index (Phi) is 3.33. The van der Waals surface area contributed by atoms with E-state index in [0.29, 0.717) is 12.5 Å². The van der Waals surface area contributed by atoms with Gasteiger partial charge in [-0.3, -0.25) is 0 Å². The van der Waals surface area contributed by atoms with Crippen molar-refractivity contribution in [2.24, 2.45) is 5.92 Å². The molecule has 3 rings (SSSR count). The average Bonchev–Trinajstić information content (AvgIpc) is 3.06. The smallest absolute Gasteiger partial charge is 0.352 e. The first kappa shape index (κ1) is 13.6. The Morgan fingerprint density at radius 2 is 2.05 bits per heavy atom. The van der Waals surface area contributed by atoms with Crippen LogP contribution in [0.15, 0.2) is 17.2 Å². The van der Waals surface area contributed by atoms with Crippen molar-refractivity contribution in [3.05, 3.63) is 18.0 Å². The molecule has 20 heavy (non-hydrogen) atoms. The Balaban J connectivity index is 1.89. The summed E-state index contributed by atoms with van der Waals surface area (Å²) in [4.78, 5) is 13.4. The molecule has 2 aliphatic rings. The molecule has 2 unspecified atom stereocenters. The molecule has 0 radical (unpaired) electrons. The zero-order valence-electron chi connectivity index (χ0n) is 11.1. The molecule has 1 saturated heterocycles. The topological polar surface area (TPSA) is 90.5 Å². The lowest BCUT2D eigenvalue weighted by atomic mass is 9.86. The summed E-state index contributed by atoms with van der Waals surface area (Å²) in [5.41, 5.74) is -0.0945. The van der Waals surface area contributed by atoms with Crippen molar-refractivity contribution in [3.8, 4) is 0 Å². The van der Waals surface area contributed by atoms with Gasteiger partial charge in [0, 0.05) is 18.8 Å². The van der Waals surface area contributed by atoms with Crippen LogP contribution in [-0.4, -0.2) is 41.4 Å². The van der Waals surface area contributed by atoms with Crippen molar-refractivity contribution in [1.29, 1.82) is 0 Å². The lowest BCUT2D eigenvalue weighted by Crippen LogP contribution is -2.39. The molecule has 2 heterocycles. The number of hydrogen-bond donors (Lipinski definition) is 2. The Labute approximate surface area is 117 Å². The van der Waals surface area contributed by atoms with E-state index < -0.39 is 16.0 Å². The molecule has 7 heteroatoms. The van der Waals surface area contributed by atoms with Crippen molar-refractivity contribution in [3.63, 3.8) is 0 Å². The number of hydrogen-bond acceptors (Lipinski definition) is 3. The summed E-state index contributed by atoms with van der Waals surface area (Å²) in [6.07, 6.45) is 6.46. The first-order valence-electron chi connectivity index (χ1n) is 6.93. The van der Waals surface area contributed by atoms with Crippen LogP contribution in [0.25, 0.3) is 0 Å².